The van der Waals surface area contributed by atoms with Gasteiger partial charge in [-0.3, -0.25) is 4.79 Å². The molecule has 2 aliphatic heterocycles. The molecule has 1 atom stereocenters. The van der Waals surface area contributed by atoms with E-state index in [1.807, 2.05) is 38.1 Å². The number of aryl methyl sites for hydroxylation is 2. The predicted molar refractivity (Wildman–Crippen MR) is 132 cm³/mol. The van der Waals surface area contributed by atoms with Crippen molar-refractivity contribution in [3.63, 3.8) is 0 Å². The maximum absolute atomic E-state index is 13.8. The van der Waals surface area contributed by atoms with Crippen molar-refractivity contribution in [3.05, 3.63) is 51.9 Å². The van der Waals surface area contributed by atoms with E-state index in [1.165, 1.54) is 6.42 Å². The van der Waals surface area contributed by atoms with Crippen LogP contribution >= 0.6 is 11.6 Å². The predicted octanol–water partition coefficient (Wildman–Crippen LogP) is 5.12. The number of fused-ring (bicyclic) bond motifs is 1. The van der Waals surface area contributed by atoms with Crippen LogP contribution in [0.2, 0.25) is 5.02 Å². The normalized spacial score (nSPS) is 20.2. The van der Waals surface area contributed by atoms with E-state index in [2.05, 4.69) is 4.90 Å². The Kier molecular flexibility index (Phi) is 6.14. The van der Waals surface area contributed by atoms with Crippen LogP contribution in [-0.2, 0) is 16.4 Å². The lowest BCUT2D eigenvalue weighted by molar-refractivity contribution is 0.0635. The summed E-state index contributed by atoms with van der Waals surface area (Å²) in [4.78, 5) is 17.6. The van der Waals surface area contributed by atoms with Crippen LogP contribution in [-0.4, -0.2) is 49.9 Å². The monoisotopic (exact) mass is 504 g/mol. The van der Waals surface area contributed by atoms with Gasteiger partial charge in [0.1, 0.15) is 11.3 Å². The lowest BCUT2D eigenvalue weighted by Crippen LogP contribution is -2.40. The Morgan fingerprint density at radius 3 is 2.62 bits per heavy atom. The number of nitrogens with zero attached hydrogens (tertiary/aromatic N) is 2. The molecule has 7 nitrogen and oxygen atoms in total. The quantitative estimate of drug-likeness (QED) is 0.479. The largest absolute Gasteiger partial charge is 0.451 e. The third kappa shape index (κ3) is 4.45. The SMILES string of the molecule is Cc1cc2oc(C(=O)N(Cc3ccc(N4CCCCC4)o3)C3CCS(=O)(=O)C3)c(C)c2cc1Cl. The molecule has 1 unspecified atom stereocenters. The molecule has 182 valence electrons. The number of halogens is 1. The van der Waals surface area contributed by atoms with Crippen molar-refractivity contribution in [2.45, 2.75) is 52.1 Å². The molecule has 34 heavy (non-hydrogen) atoms. The van der Waals surface area contributed by atoms with Crippen LogP contribution in [0.1, 0.15) is 53.1 Å². The van der Waals surface area contributed by atoms with Crippen molar-refractivity contribution < 1.29 is 22.0 Å². The molecule has 2 aromatic heterocycles. The number of amides is 1. The molecular formula is C25H29ClN2O5S. The smallest absolute Gasteiger partial charge is 0.290 e. The van der Waals surface area contributed by atoms with Crippen molar-refractivity contribution in [2.75, 3.05) is 29.5 Å². The van der Waals surface area contributed by atoms with Gasteiger partial charge in [-0.15, -0.1) is 0 Å². The number of rotatable bonds is 5. The van der Waals surface area contributed by atoms with Crippen molar-refractivity contribution in [3.8, 4) is 0 Å². The summed E-state index contributed by atoms with van der Waals surface area (Å²) in [5.74, 6) is 1.33. The fourth-order valence-electron chi connectivity index (χ4n) is 4.97. The van der Waals surface area contributed by atoms with Gasteiger partial charge in [0, 0.05) is 41.2 Å². The molecule has 5 rings (SSSR count). The van der Waals surface area contributed by atoms with Gasteiger partial charge in [0.2, 0.25) is 0 Å². The first-order valence-electron chi connectivity index (χ1n) is 11.8. The van der Waals surface area contributed by atoms with E-state index in [0.717, 1.165) is 42.8 Å². The summed E-state index contributed by atoms with van der Waals surface area (Å²) in [6, 6.07) is 7.01. The zero-order valence-corrected chi connectivity index (χ0v) is 21.0. The average Bonchev–Trinajstić information content (AvgIpc) is 3.51. The van der Waals surface area contributed by atoms with Crippen LogP contribution in [0.4, 0.5) is 5.88 Å². The first-order valence-corrected chi connectivity index (χ1v) is 14.0. The van der Waals surface area contributed by atoms with E-state index in [9.17, 15) is 13.2 Å². The molecule has 1 amide bonds. The number of hydrogen-bond donors (Lipinski definition) is 0. The number of furan rings is 2. The molecule has 1 aromatic carbocycles. The highest BCUT2D eigenvalue weighted by Crippen LogP contribution is 2.33. The summed E-state index contributed by atoms with van der Waals surface area (Å²) < 4.78 is 36.6. The molecule has 9 heteroatoms. The highest BCUT2D eigenvalue weighted by atomic mass is 35.5. The van der Waals surface area contributed by atoms with E-state index >= 15 is 0 Å². The summed E-state index contributed by atoms with van der Waals surface area (Å²) in [6.45, 7) is 5.81. The van der Waals surface area contributed by atoms with E-state index in [-0.39, 0.29) is 29.7 Å². The fraction of sp³-hybridized carbons (Fsp3) is 0.480. The first kappa shape index (κ1) is 23.3. The van der Waals surface area contributed by atoms with Gasteiger partial charge < -0.3 is 18.6 Å². The number of benzene rings is 1. The third-order valence-corrected chi connectivity index (χ3v) is 9.12. The summed E-state index contributed by atoms with van der Waals surface area (Å²) in [7, 11) is -3.19. The molecular weight excluding hydrogens is 476 g/mol. The van der Waals surface area contributed by atoms with Crippen molar-refractivity contribution >= 4 is 44.2 Å². The van der Waals surface area contributed by atoms with Crippen LogP contribution in [0.3, 0.4) is 0 Å². The molecule has 0 radical (unpaired) electrons. The Balaban J connectivity index is 1.47. The first-order chi connectivity index (χ1) is 16.2. The molecule has 4 heterocycles. The summed E-state index contributed by atoms with van der Waals surface area (Å²) in [5, 5.41) is 1.39. The molecule has 0 N–H and O–H groups in total. The van der Waals surface area contributed by atoms with Gasteiger partial charge in [0.05, 0.1) is 18.1 Å². The van der Waals surface area contributed by atoms with Gasteiger partial charge in [-0.25, -0.2) is 8.42 Å². The van der Waals surface area contributed by atoms with Crippen molar-refractivity contribution in [1.29, 1.82) is 0 Å². The van der Waals surface area contributed by atoms with Crippen LogP contribution in [0.5, 0.6) is 0 Å². The second kappa shape index (κ2) is 8.96. The minimum atomic E-state index is -3.19. The highest BCUT2D eigenvalue weighted by Gasteiger charge is 2.37. The Hall–Kier alpha value is -2.45. The van der Waals surface area contributed by atoms with Gasteiger partial charge >= 0.3 is 0 Å². The number of piperidine rings is 1. The highest BCUT2D eigenvalue weighted by molar-refractivity contribution is 7.91. The Labute approximate surface area is 204 Å². The standard InChI is InChI=1S/C25H29ClN2O5S/c1-16-12-22-20(13-21(16)26)17(2)24(33-22)25(29)28(18-8-11-34(30,31)15-18)14-19-6-7-23(32-19)27-9-4-3-5-10-27/h6-7,12-13,18H,3-5,8-11,14-15H2,1-2H3. The molecule has 2 saturated heterocycles. The van der Waals surface area contributed by atoms with Gasteiger partial charge in [-0.05, 0) is 63.3 Å². The van der Waals surface area contributed by atoms with E-state index in [1.54, 1.807) is 4.90 Å². The van der Waals surface area contributed by atoms with Crippen molar-refractivity contribution in [1.82, 2.24) is 4.90 Å². The molecule has 2 aliphatic rings. The summed E-state index contributed by atoms with van der Waals surface area (Å²) >= 11 is 6.30. The zero-order chi connectivity index (χ0) is 24.0. The van der Waals surface area contributed by atoms with Gasteiger partial charge in [-0.1, -0.05) is 11.6 Å². The van der Waals surface area contributed by atoms with Gasteiger partial charge in [0.15, 0.2) is 21.5 Å². The van der Waals surface area contributed by atoms with E-state index < -0.39 is 15.9 Å². The number of sulfone groups is 1. The minimum Gasteiger partial charge on any atom is -0.451 e. The zero-order valence-electron chi connectivity index (χ0n) is 19.5. The van der Waals surface area contributed by atoms with Crippen LogP contribution in [0.15, 0.2) is 33.1 Å². The molecule has 0 aliphatic carbocycles. The Bertz CT molecular complexity index is 1340. The summed E-state index contributed by atoms with van der Waals surface area (Å²) in [5.41, 5.74) is 2.15. The van der Waals surface area contributed by atoms with Crippen LogP contribution in [0, 0.1) is 13.8 Å². The molecule has 0 bridgehead atoms. The Morgan fingerprint density at radius 1 is 1.15 bits per heavy atom. The summed E-state index contributed by atoms with van der Waals surface area (Å²) in [6.07, 6.45) is 3.90. The number of hydrogen-bond acceptors (Lipinski definition) is 6. The molecule has 3 aromatic rings. The Morgan fingerprint density at radius 2 is 1.91 bits per heavy atom. The second-order valence-electron chi connectivity index (χ2n) is 9.43. The maximum Gasteiger partial charge on any atom is 0.290 e. The molecule has 2 fully saturated rings. The molecule has 0 saturated carbocycles. The number of anilines is 1. The minimum absolute atomic E-state index is 0.0529. The molecule has 0 spiro atoms. The third-order valence-electron chi connectivity index (χ3n) is 6.96. The fourth-order valence-corrected chi connectivity index (χ4v) is 6.86. The van der Waals surface area contributed by atoms with Crippen LogP contribution < -0.4 is 4.90 Å². The van der Waals surface area contributed by atoms with E-state index in [0.29, 0.717) is 28.4 Å². The van der Waals surface area contributed by atoms with Crippen molar-refractivity contribution in [2.24, 2.45) is 0 Å². The average molecular weight is 505 g/mol. The second-order valence-corrected chi connectivity index (χ2v) is 12.1. The van der Waals surface area contributed by atoms with Gasteiger partial charge in [-0.2, -0.15) is 0 Å². The topological polar surface area (TPSA) is 84.0 Å². The lowest BCUT2D eigenvalue weighted by atomic mass is 10.1. The van der Waals surface area contributed by atoms with Gasteiger partial charge in [0.25, 0.3) is 5.91 Å². The van der Waals surface area contributed by atoms with E-state index in [4.69, 9.17) is 20.4 Å². The number of carbonyl (C=O) groups is 1. The lowest BCUT2D eigenvalue weighted by Gasteiger charge is -2.27. The maximum atomic E-state index is 13.8. The van der Waals surface area contributed by atoms with Crippen LogP contribution in [0.25, 0.3) is 11.0 Å². The number of carbonyl (C=O) groups excluding carboxylic acids is 1.